The first kappa shape index (κ1) is 19.6. The number of carbonyl (C=O) groups is 1. The van der Waals surface area contributed by atoms with Gasteiger partial charge in [-0.3, -0.25) is 4.79 Å². The van der Waals surface area contributed by atoms with Crippen molar-refractivity contribution in [3.05, 3.63) is 76.7 Å². The Kier molecular flexibility index (Phi) is 6.45. The summed E-state index contributed by atoms with van der Waals surface area (Å²) in [6.45, 7) is 2.44. The first-order valence-corrected chi connectivity index (χ1v) is 9.21. The summed E-state index contributed by atoms with van der Waals surface area (Å²) in [7, 11) is 1.65. The maximum Gasteiger partial charge on any atom is 0.274 e. The highest BCUT2D eigenvalue weighted by Gasteiger charge is 2.11. The molecule has 144 valence electrons. The van der Waals surface area contributed by atoms with Gasteiger partial charge >= 0.3 is 0 Å². The Morgan fingerprint density at radius 2 is 1.79 bits per heavy atom. The minimum atomic E-state index is -0.300. The van der Waals surface area contributed by atoms with E-state index in [0.717, 1.165) is 12.2 Å². The Balaban J connectivity index is 1.61. The van der Waals surface area contributed by atoms with Crippen LogP contribution in [0.3, 0.4) is 0 Å². The Labute approximate surface area is 168 Å². The van der Waals surface area contributed by atoms with Gasteiger partial charge in [0.25, 0.3) is 5.91 Å². The van der Waals surface area contributed by atoms with E-state index in [4.69, 9.17) is 16.3 Å². The lowest BCUT2D eigenvalue weighted by molar-refractivity contribution is 0.102. The van der Waals surface area contributed by atoms with Crippen molar-refractivity contribution in [3.63, 3.8) is 0 Å². The molecule has 7 heteroatoms. The zero-order valence-corrected chi connectivity index (χ0v) is 16.5. The highest BCUT2D eigenvalue weighted by Crippen LogP contribution is 2.15. The van der Waals surface area contributed by atoms with Gasteiger partial charge in [0, 0.05) is 23.3 Å². The van der Waals surface area contributed by atoms with Gasteiger partial charge in [-0.25, -0.2) is 9.97 Å². The zero-order valence-electron chi connectivity index (χ0n) is 15.7. The van der Waals surface area contributed by atoms with Crippen molar-refractivity contribution in [2.24, 2.45) is 0 Å². The quantitative estimate of drug-likeness (QED) is 0.620. The maximum absolute atomic E-state index is 12.5. The first-order chi connectivity index (χ1) is 13.5. The van der Waals surface area contributed by atoms with Gasteiger partial charge in [0.1, 0.15) is 23.1 Å². The van der Waals surface area contributed by atoms with Gasteiger partial charge in [0.2, 0.25) is 0 Å². The molecule has 0 saturated carbocycles. The van der Waals surface area contributed by atoms with Crippen LogP contribution in [0.15, 0.2) is 54.6 Å². The molecule has 0 atom stereocenters. The molecule has 1 aromatic heterocycles. The van der Waals surface area contributed by atoms with Gasteiger partial charge < -0.3 is 15.4 Å². The van der Waals surface area contributed by atoms with Crippen LogP contribution in [0.5, 0.6) is 5.75 Å². The monoisotopic (exact) mass is 396 g/mol. The van der Waals surface area contributed by atoms with Gasteiger partial charge in [-0.2, -0.15) is 0 Å². The summed E-state index contributed by atoms with van der Waals surface area (Å²) in [6.07, 6.45) is 0.819. The number of aryl methyl sites for hydroxylation is 1. The summed E-state index contributed by atoms with van der Waals surface area (Å²) in [5.41, 5.74) is 2.13. The molecular formula is C21H21ClN4O2. The molecule has 0 aliphatic heterocycles. The highest BCUT2D eigenvalue weighted by molar-refractivity contribution is 6.30. The SMILES string of the molecule is COc1ccc(CCNc2cc(C(=O)Nc3ccc(Cl)cc3)nc(C)n2)cc1. The molecule has 0 aliphatic carbocycles. The van der Waals surface area contributed by atoms with Crippen LogP contribution in [-0.4, -0.2) is 29.5 Å². The van der Waals surface area contributed by atoms with Crippen LogP contribution in [0, 0.1) is 6.92 Å². The number of nitrogens with zero attached hydrogens (tertiary/aromatic N) is 2. The molecule has 0 unspecified atom stereocenters. The van der Waals surface area contributed by atoms with E-state index in [9.17, 15) is 4.79 Å². The topological polar surface area (TPSA) is 76.1 Å². The number of methoxy groups -OCH3 is 1. The second-order valence-corrected chi connectivity index (χ2v) is 6.61. The summed E-state index contributed by atoms with van der Waals surface area (Å²) < 4.78 is 5.16. The molecule has 2 N–H and O–H groups in total. The third-order valence-electron chi connectivity index (χ3n) is 4.05. The van der Waals surface area contributed by atoms with Gasteiger partial charge in [0.05, 0.1) is 7.11 Å². The number of nitrogens with one attached hydrogen (secondary N) is 2. The minimum absolute atomic E-state index is 0.300. The highest BCUT2D eigenvalue weighted by atomic mass is 35.5. The summed E-state index contributed by atoms with van der Waals surface area (Å²) >= 11 is 5.87. The number of anilines is 2. The normalized spacial score (nSPS) is 10.4. The molecular weight excluding hydrogens is 376 g/mol. The Morgan fingerprint density at radius 1 is 1.07 bits per heavy atom. The second-order valence-electron chi connectivity index (χ2n) is 6.17. The van der Waals surface area contributed by atoms with Crippen LogP contribution in [0.2, 0.25) is 5.02 Å². The van der Waals surface area contributed by atoms with Gasteiger partial charge in [0.15, 0.2) is 0 Å². The summed E-state index contributed by atoms with van der Waals surface area (Å²) in [6, 6.07) is 16.5. The van der Waals surface area contributed by atoms with E-state index in [1.165, 1.54) is 5.56 Å². The molecule has 0 radical (unpaired) electrons. The minimum Gasteiger partial charge on any atom is -0.497 e. The average Bonchev–Trinajstić information content (AvgIpc) is 2.70. The Morgan fingerprint density at radius 3 is 2.46 bits per heavy atom. The number of aromatic nitrogens is 2. The molecule has 0 bridgehead atoms. The van der Waals surface area contributed by atoms with Crippen LogP contribution in [0.4, 0.5) is 11.5 Å². The van der Waals surface area contributed by atoms with Gasteiger partial charge in [-0.05, 0) is 55.3 Å². The van der Waals surface area contributed by atoms with Gasteiger partial charge in [-0.1, -0.05) is 23.7 Å². The summed E-state index contributed by atoms with van der Waals surface area (Å²) in [5.74, 6) is 1.67. The Hall–Kier alpha value is -3.12. The van der Waals surface area contributed by atoms with E-state index in [-0.39, 0.29) is 5.91 Å². The zero-order chi connectivity index (χ0) is 19.9. The molecule has 0 fully saturated rings. The van der Waals surface area contributed by atoms with Crippen molar-refractivity contribution in [1.29, 1.82) is 0 Å². The Bertz CT molecular complexity index is 944. The van der Waals surface area contributed by atoms with Crippen molar-refractivity contribution < 1.29 is 9.53 Å². The van der Waals surface area contributed by atoms with E-state index in [0.29, 0.717) is 34.6 Å². The van der Waals surface area contributed by atoms with Gasteiger partial charge in [-0.15, -0.1) is 0 Å². The van der Waals surface area contributed by atoms with E-state index < -0.39 is 0 Å². The predicted octanol–water partition coefficient (Wildman–Crippen LogP) is 4.35. The fraction of sp³-hybridized carbons (Fsp3) is 0.190. The van der Waals surface area contributed by atoms with E-state index in [1.807, 2.05) is 24.3 Å². The number of hydrogen-bond donors (Lipinski definition) is 2. The van der Waals surface area contributed by atoms with Crippen molar-refractivity contribution in [2.75, 3.05) is 24.3 Å². The molecule has 6 nitrogen and oxygen atoms in total. The largest absolute Gasteiger partial charge is 0.497 e. The van der Waals surface area contributed by atoms with Crippen LogP contribution in [0.1, 0.15) is 21.9 Å². The number of hydrogen-bond acceptors (Lipinski definition) is 5. The molecule has 0 aliphatic rings. The molecule has 0 saturated heterocycles. The van der Waals surface area contributed by atoms with E-state index in [2.05, 4.69) is 20.6 Å². The third kappa shape index (κ3) is 5.44. The number of rotatable bonds is 7. The number of ether oxygens (including phenoxy) is 1. The fourth-order valence-corrected chi connectivity index (χ4v) is 2.76. The molecule has 1 heterocycles. The molecule has 1 amide bonds. The standard InChI is InChI=1S/C21H21ClN4O2/c1-14-24-19(21(27)26-17-7-5-16(22)6-8-17)13-20(25-14)23-12-11-15-3-9-18(28-2)10-4-15/h3-10,13H,11-12H2,1-2H3,(H,26,27)(H,23,24,25). The lowest BCUT2D eigenvalue weighted by atomic mass is 10.1. The van der Waals surface area contributed by atoms with Crippen LogP contribution >= 0.6 is 11.6 Å². The third-order valence-corrected chi connectivity index (χ3v) is 4.30. The first-order valence-electron chi connectivity index (χ1n) is 8.83. The molecule has 3 rings (SSSR count). The number of amides is 1. The molecule has 3 aromatic rings. The van der Waals surface area contributed by atoms with Crippen molar-refractivity contribution in [1.82, 2.24) is 9.97 Å². The van der Waals surface area contributed by atoms with Crippen molar-refractivity contribution in [3.8, 4) is 5.75 Å². The van der Waals surface area contributed by atoms with Crippen LogP contribution < -0.4 is 15.4 Å². The summed E-state index contributed by atoms with van der Waals surface area (Å²) in [4.78, 5) is 21.1. The average molecular weight is 397 g/mol. The fourth-order valence-electron chi connectivity index (χ4n) is 2.63. The number of halogens is 1. The molecule has 0 spiro atoms. The predicted molar refractivity (Wildman–Crippen MR) is 111 cm³/mol. The van der Waals surface area contributed by atoms with Crippen molar-refractivity contribution in [2.45, 2.75) is 13.3 Å². The molecule has 2 aromatic carbocycles. The molecule has 28 heavy (non-hydrogen) atoms. The van der Waals surface area contributed by atoms with Crippen molar-refractivity contribution >= 4 is 29.0 Å². The number of benzene rings is 2. The summed E-state index contributed by atoms with van der Waals surface area (Å²) in [5, 5.41) is 6.66. The lowest BCUT2D eigenvalue weighted by Gasteiger charge is -2.10. The smallest absolute Gasteiger partial charge is 0.274 e. The second kappa shape index (κ2) is 9.19. The maximum atomic E-state index is 12.5. The van der Waals surface area contributed by atoms with Crippen LogP contribution in [0.25, 0.3) is 0 Å². The lowest BCUT2D eigenvalue weighted by Crippen LogP contribution is -2.16. The number of carbonyl (C=O) groups excluding carboxylic acids is 1. The van der Waals surface area contributed by atoms with Crippen LogP contribution in [-0.2, 0) is 6.42 Å². The van der Waals surface area contributed by atoms with E-state index >= 15 is 0 Å². The van der Waals surface area contributed by atoms with E-state index in [1.54, 1.807) is 44.4 Å².